The Morgan fingerprint density at radius 3 is 2.20 bits per heavy atom. The summed E-state index contributed by atoms with van der Waals surface area (Å²) in [6.07, 6.45) is 5.23. The van der Waals surface area contributed by atoms with E-state index < -0.39 is 5.60 Å². The molecule has 5 nitrogen and oxygen atoms in total. The molecule has 1 aliphatic carbocycles. The van der Waals surface area contributed by atoms with E-state index in [4.69, 9.17) is 4.74 Å². The van der Waals surface area contributed by atoms with Crippen LogP contribution in [0.4, 0.5) is 4.79 Å². The van der Waals surface area contributed by atoms with Gasteiger partial charge in [0.15, 0.2) is 0 Å². The van der Waals surface area contributed by atoms with E-state index in [0.29, 0.717) is 11.2 Å². The van der Waals surface area contributed by atoms with Gasteiger partial charge in [-0.05, 0) is 51.9 Å². The van der Waals surface area contributed by atoms with Crippen LogP contribution in [0.3, 0.4) is 0 Å². The van der Waals surface area contributed by atoms with Crippen LogP contribution < -0.4 is 5.43 Å². The number of piperidine rings is 1. The molecule has 0 bridgehead atoms. The fraction of sp³-hybridized carbons (Fsp3) is 0.867. The minimum Gasteiger partial charge on any atom is -0.443 e. The van der Waals surface area contributed by atoms with Gasteiger partial charge in [0.25, 0.3) is 0 Å². The molecule has 20 heavy (non-hydrogen) atoms. The molecule has 0 atom stereocenters. The summed E-state index contributed by atoms with van der Waals surface area (Å²) in [5.41, 5.74) is 2.68. The molecule has 5 heteroatoms. The molecule has 1 N–H and O–H groups in total. The molecule has 0 aromatic carbocycles. The van der Waals surface area contributed by atoms with Crippen molar-refractivity contribution < 1.29 is 14.3 Å². The molecule has 2 aliphatic rings. The SMILES string of the molecule is CC(C)(C)OC(=O)NN1CCC2(CCC(=O)CC2)CC1. The Hall–Kier alpha value is -1.10. The Balaban J connectivity index is 1.77. The van der Waals surface area contributed by atoms with Crippen molar-refractivity contribution in [1.82, 2.24) is 10.4 Å². The van der Waals surface area contributed by atoms with Crippen LogP contribution in [0.25, 0.3) is 0 Å². The van der Waals surface area contributed by atoms with Crippen molar-refractivity contribution >= 4 is 11.9 Å². The minimum atomic E-state index is -0.467. The van der Waals surface area contributed by atoms with E-state index in [9.17, 15) is 9.59 Å². The maximum atomic E-state index is 11.7. The molecule has 1 amide bonds. The molecule has 1 spiro atoms. The maximum absolute atomic E-state index is 11.7. The topological polar surface area (TPSA) is 58.6 Å². The number of ether oxygens (including phenoxy) is 1. The molecule has 0 aromatic rings. The molecule has 1 heterocycles. The average Bonchev–Trinajstić information content (AvgIpc) is 2.34. The Bertz CT molecular complexity index is 367. The van der Waals surface area contributed by atoms with Crippen LogP contribution >= 0.6 is 0 Å². The second-order valence-corrected chi connectivity index (χ2v) is 7.14. The van der Waals surface area contributed by atoms with E-state index in [1.165, 1.54) is 0 Å². The highest BCUT2D eigenvalue weighted by atomic mass is 16.6. The highest BCUT2D eigenvalue weighted by Crippen LogP contribution is 2.43. The summed E-state index contributed by atoms with van der Waals surface area (Å²) in [7, 11) is 0. The number of hydrogen-bond acceptors (Lipinski definition) is 4. The molecular formula is C15H26N2O3. The van der Waals surface area contributed by atoms with Crippen molar-refractivity contribution in [3.63, 3.8) is 0 Å². The van der Waals surface area contributed by atoms with Gasteiger partial charge in [0.2, 0.25) is 0 Å². The van der Waals surface area contributed by atoms with Gasteiger partial charge in [-0.25, -0.2) is 9.80 Å². The summed E-state index contributed by atoms with van der Waals surface area (Å²) in [5, 5.41) is 1.94. The van der Waals surface area contributed by atoms with Crippen LogP contribution in [0.2, 0.25) is 0 Å². The number of carbonyl (C=O) groups excluding carboxylic acids is 2. The van der Waals surface area contributed by atoms with Gasteiger partial charge in [-0.1, -0.05) is 0 Å². The number of hydrogen-bond donors (Lipinski definition) is 1. The average molecular weight is 282 g/mol. The third-order valence-electron chi connectivity index (χ3n) is 4.34. The summed E-state index contributed by atoms with van der Waals surface area (Å²) in [4.78, 5) is 23.1. The van der Waals surface area contributed by atoms with Crippen molar-refractivity contribution in [3.05, 3.63) is 0 Å². The Morgan fingerprint density at radius 2 is 1.70 bits per heavy atom. The fourth-order valence-electron chi connectivity index (χ4n) is 3.08. The standard InChI is InChI=1S/C15H26N2O3/c1-14(2,3)20-13(19)16-17-10-8-15(9-11-17)6-4-12(18)5-7-15/h4-11H2,1-3H3,(H,16,19). The first-order valence-corrected chi connectivity index (χ1v) is 7.54. The zero-order valence-corrected chi connectivity index (χ0v) is 12.8. The smallest absolute Gasteiger partial charge is 0.422 e. The summed E-state index contributed by atoms with van der Waals surface area (Å²) in [6, 6.07) is 0. The van der Waals surface area contributed by atoms with Crippen LogP contribution in [0, 0.1) is 5.41 Å². The fourth-order valence-corrected chi connectivity index (χ4v) is 3.08. The van der Waals surface area contributed by atoms with E-state index in [1.807, 2.05) is 25.8 Å². The number of rotatable bonds is 1. The van der Waals surface area contributed by atoms with Crippen LogP contribution in [0.5, 0.6) is 0 Å². The largest absolute Gasteiger partial charge is 0.443 e. The zero-order chi connectivity index (χ0) is 14.8. The van der Waals surface area contributed by atoms with Gasteiger partial charge in [0, 0.05) is 25.9 Å². The molecule has 0 aromatic heterocycles. The van der Waals surface area contributed by atoms with E-state index in [-0.39, 0.29) is 6.09 Å². The highest BCUT2D eigenvalue weighted by Gasteiger charge is 2.38. The van der Waals surface area contributed by atoms with E-state index >= 15 is 0 Å². The summed E-state index contributed by atoms with van der Waals surface area (Å²) in [6.45, 7) is 7.26. The van der Waals surface area contributed by atoms with Crippen LogP contribution in [-0.2, 0) is 9.53 Å². The normalized spacial score (nSPS) is 23.6. The van der Waals surface area contributed by atoms with E-state index in [0.717, 1.165) is 51.6 Å². The minimum absolute atomic E-state index is 0.333. The number of ketones is 1. The molecule has 1 saturated heterocycles. The van der Waals surface area contributed by atoms with Crippen molar-refractivity contribution in [2.24, 2.45) is 5.41 Å². The first-order chi connectivity index (χ1) is 9.28. The van der Waals surface area contributed by atoms with Crippen molar-refractivity contribution in [1.29, 1.82) is 0 Å². The number of amides is 1. The third kappa shape index (κ3) is 4.20. The second-order valence-electron chi connectivity index (χ2n) is 7.14. The van der Waals surface area contributed by atoms with Crippen LogP contribution in [-0.4, -0.2) is 35.6 Å². The summed E-state index contributed by atoms with van der Waals surface area (Å²) in [5.74, 6) is 0.407. The zero-order valence-electron chi connectivity index (χ0n) is 12.8. The summed E-state index contributed by atoms with van der Waals surface area (Å²) >= 11 is 0. The van der Waals surface area contributed by atoms with Gasteiger partial charge in [-0.15, -0.1) is 0 Å². The predicted octanol–water partition coefficient (Wildman–Crippen LogP) is 2.65. The number of nitrogens with zero attached hydrogens (tertiary/aromatic N) is 1. The van der Waals surface area contributed by atoms with Gasteiger partial charge in [0.05, 0.1) is 0 Å². The van der Waals surface area contributed by atoms with Crippen molar-refractivity contribution in [2.75, 3.05) is 13.1 Å². The molecule has 1 aliphatic heterocycles. The first-order valence-electron chi connectivity index (χ1n) is 7.54. The van der Waals surface area contributed by atoms with E-state index in [1.54, 1.807) is 0 Å². The quantitative estimate of drug-likeness (QED) is 0.803. The van der Waals surface area contributed by atoms with Gasteiger partial charge in [0.1, 0.15) is 11.4 Å². The molecule has 0 unspecified atom stereocenters. The number of nitrogens with one attached hydrogen (secondary N) is 1. The monoisotopic (exact) mass is 282 g/mol. The van der Waals surface area contributed by atoms with Gasteiger partial charge in [-0.2, -0.15) is 0 Å². The first kappa shape index (κ1) is 15.3. The van der Waals surface area contributed by atoms with Crippen LogP contribution in [0.15, 0.2) is 0 Å². The number of Topliss-reactive ketones (excluding diaryl/α,β-unsaturated/α-hetero) is 1. The van der Waals surface area contributed by atoms with Gasteiger partial charge < -0.3 is 4.74 Å². The molecule has 1 saturated carbocycles. The van der Waals surface area contributed by atoms with Crippen molar-refractivity contribution in [3.8, 4) is 0 Å². The number of hydrazine groups is 1. The highest BCUT2D eigenvalue weighted by molar-refractivity contribution is 5.79. The molecular weight excluding hydrogens is 256 g/mol. The maximum Gasteiger partial charge on any atom is 0.422 e. The lowest BCUT2D eigenvalue weighted by molar-refractivity contribution is -0.123. The lowest BCUT2D eigenvalue weighted by atomic mass is 9.68. The van der Waals surface area contributed by atoms with Crippen molar-refractivity contribution in [2.45, 2.75) is 64.9 Å². The second kappa shape index (κ2) is 5.72. The third-order valence-corrected chi connectivity index (χ3v) is 4.34. The summed E-state index contributed by atoms with van der Waals surface area (Å²) < 4.78 is 5.26. The van der Waals surface area contributed by atoms with E-state index in [2.05, 4.69) is 5.43 Å². The molecule has 114 valence electrons. The molecule has 2 fully saturated rings. The molecule has 0 radical (unpaired) electrons. The Morgan fingerprint density at radius 1 is 1.15 bits per heavy atom. The Kier molecular flexibility index (Phi) is 4.37. The van der Waals surface area contributed by atoms with Crippen LogP contribution in [0.1, 0.15) is 59.3 Å². The number of carbonyl (C=O) groups is 2. The predicted molar refractivity (Wildman–Crippen MR) is 76.1 cm³/mol. The Labute approximate surface area is 121 Å². The van der Waals surface area contributed by atoms with Gasteiger partial charge in [-0.3, -0.25) is 10.2 Å². The lowest BCUT2D eigenvalue weighted by Crippen LogP contribution is -2.51. The lowest BCUT2D eigenvalue weighted by Gasteiger charge is -2.43. The van der Waals surface area contributed by atoms with Gasteiger partial charge >= 0.3 is 6.09 Å². The molecule has 2 rings (SSSR count).